The van der Waals surface area contributed by atoms with Crippen molar-refractivity contribution >= 4 is 12.0 Å². The second kappa shape index (κ2) is 6.21. The number of hydrogen-bond donors (Lipinski definition) is 0. The number of nitrogens with zero attached hydrogens (tertiary/aromatic N) is 1. The molecule has 1 amide bonds. The summed E-state index contributed by atoms with van der Waals surface area (Å²) in [6, 6.07) is 7.61. The Bertz CT molecular complexity index is 419. The minimum atomic E-state index is -0.110. The quantitative estimate of drug-likeness (QED) is 0.766. The zero-order chi connectivity index (χ0) is 12.8. The number of carbonyl (C=O) groups is 1. The van der Waals surface area contributed by atoms with Crippen LogP contribution in [-0.2, 0) is 9.63 Å². The molecule has 0 radical (unpaired) electrons. The summed E-state index contributed by atoms with van der Waals surface area (Å²) in [5.41, 5.74) is 0.964. The Kier molecular flexibility index (Phi) is 4.36. The molecule has 0 spiro atoms. The molecule has 1 aromatic rings. The largest absolute Gasteiger partial charge is 0.494 e. The van der Waals surface area contributed by atoms with Gasteiger partial charge in [-0.1, -0.05) is 12.1 Å². The number of benzene rings is 1. The lowest BCUT2D eigenvalue weighted by Gasteiger charge is -2.10. The molecular weight excluding hydrogens is 230 g/mol. The van der Waals surface area contributed by atoms with Crippen LogP contribution in [0.2, 0.25) is 0 Å². The fraction of sp³-hybridized carbons (Fsp3) is 0.357. The fourth-order valence-corrected chi connectivity index (χ4v) is 1.71. The lowest BCUT2D eigenvalue weighted by Crippen LogP contribution is -2.24. The molecule has 0 bridgehead atoms. The van der Waals surface area contributed by atoms with E-state index in [0.29, 0.717) is 19.8 Å². The van der Waals surface area contributed by atoms with E-state index in [1.807, 2.05) is 31.2 Å². The lowest BCUT2D eigenvalue weighted by molar-refractivity contribution is -0.162. The Balaban J connectivity index is 1.93. The monoisotopic (exact) mass is 247 g/mol. The molecule has 4 nitrogen and oxygen atoms in total. The molecule has 1 saturated heterocycles. The molecule has 0 unspecified atom stereocenters. The van der Waals surface area contributed by atoms with Crippen LogP contribution in [-0.4, -0.2) is 30.7 Å². The van der Waals surface area contributed by atoms with Crippen LogP contribution in [0.15, 0.2) is 30.3 Å². The van der Waals surface area contributed by atoms with Gasteiger partial charge in [-0.2, -0.15) is 0 Å². The van der Waals surface area contributed by atoms with E-state index in [1.54, 1.807) is 6.08 Å². The normalized spacial score (nSPS) is 15.3. The molecule has 2 rings (SSSR count). The standard InChI is InChI=1S/C14H17NO3/c1-2-17-13-7-4-12(5-8-13)6-9-14(16)15-10-3-11-18-15/h4-9H,2-3,10-11H2,1H3/b9-6+. The van der Waals surface area contributed by atoms with Crippen molar-refractivity contribution in [2.45, 2.75) is 13.3 Å². The van der Waals surface area contributed by atoms with Gasteiger partial charge in [-0.15, -0.1) is 0 Å². The third-order valence-corrected chi connectivity index (χ3v) is 2.61. The van der Waals surface area contributed by atoms with Crippen LogP contribution in [0.1, 0.15) is 18.9 Å². The Labute approximate surface area is 107 Å². The smallest absolute Gasteiger partial charge is 0.270 e. The highest BCUT2D eigenvalue weighted by molar-refractivity contribution is 5.91. The molecule has 0 N–H and O–H groups in total. The molecule has 96 valence electrons. The Hall–Kier alpha value is -1.81. The third-order valence-electron chi connectivity index (χ3n) is 2.61. The summed E-state index contributed by atoms with van der Waals surface area (Å²) in [6.45, 7) is 3.90. The molecule has 1 fully saturated rings. The predicted octanol–water partition coefficient (Wildman–Crippen LogP) is 2.26. The van der Waals surface area contributed by atoms with Crippen molar-refractivity contribution in [1.82, 2.24) is 5.06 Å². The molecule has 4 heteroatoms. The van der Waals surface area contributed by atoms with E-state index in [0.717, 1.165) is 17.7 Å². The Morgan fingerprint density at radius 3 is 2.83 bits per heavy atom. The molecule has 1 aliphatic heterocycles. The highest BCUT2D eigenvalue weighted by Gasteiger charge is 2.16. The Morgan fingerprint density at radius 1 is 1.44 bits per heavy atom. The van der Waals surface area contributed by atoms with Gasteiger partial charge in [0.25, 0.3) is 5.91 Å². The van der Waals surface area contributed by atoms with Crippen molar-refractivity contribution in [2.75, 3.05) is 19.8 Å². The van der Waals surface area contributed by atoms with Gasteiger partial charge in [0.05, 0.1) is 19.8 Å². The highest BCUT2D eigenvalue weighted by atomic mass is 16.7. The average molecular weight is 247 g/mol. The van der Waals surface area contributed by atoms with Crippen LogP contribution in [0.25, 0.3) is 6.08 Å². The Morgan fingerprint density at radius 2 is 2.22 bits per heavy atom. The molecule has 1 aliphatic rings. The van der Waals surface area contributed by atoms with Gasteiger partial charge in [-0.3, -0.25) is 9.63 Å². The molecule has 18 heavy (non-hydrogen) atoms. The summed E-state index contributed by atoms with van der Waals surface area (Å²) in [7, 11) is 0. The first-order valence-corrected chi connectivity index (χ1v) is 6.15. The van der Waals surface area contributed by atoms with Gasteiger partial charge in [0, 0.05) is 6.08 Å². The fourth-order valence-electron chi connectivity index (χ4n) is 1.71. The first-order valence-electron chi connectivity index (χ1n) is 6.15. The van der Waals surface area contributed by atoms with Crippen LogP contribution in [0.4, 0.5) is 0 Å². The van der Waals surface area contributed by atoms with Crippen LogP contribution in [0, 0.1) is 0 Å². The van der Waals surface area contributed by atoms with Gasteiger partial charge in [0.1, 0.15) is 5.75 Å². The zero-order valence-electron chi connectivity index (χ0n) is 10.5. The number of hydroxylamine groups is 2. The van der Waals surface area contributed by atoms with Crippen molar-refractivity contribution in [3.63, 3.8) is 0 Å². The van der Waals surface area contributed by atoms with Gasteiger partial charge >= 0.3 is 0 Å². The van der Waals surface area contributed by atoms with E-state index >= 15 is 0 Å². The molecule has 0 atom stereocenters. The van der Waals surface area contributed by atoms with Gasteiger partial charge in [0.15, 0.2) is 0 Å². The van der Waals surface area contributed by atoms with Crippen molar-refractivity contribution < 1.29 is 14.4 Å². The second-order valence-corrected chi connectivity index (χ2v) is 3.96. The number of carbonyl (C=O) groups excluding carboxylic acids is 1. The van der Waals surface area contributed by atoms with Crippen molar-refractivity contribution in [3.05, 3.63) is 35.9 Å². The van der Waals surface area contributed by atoms with E-state index in [1.165, 1.54) is 11.1 Å². The molecule has 0 saturated carbocycles. The van der Waals surface area contributed by atoms with E-state index in [2.05, 4.69) is 0 Å². The SMILES string of the molecule is CCOc1ccc(/C=C/C(=O)N2CCCO2)cc1. The molecular formula is C14H17NO3. The summed E-state index contributed by atoms with van der Waals surface area (Å²) in [5.74, 6) is 0.727. The number of ether oxygens (including phenoxy) is 1. The lowest BCUT2D eigenvalue weighted by atomic mass is 10.2. The summed E-state index contributed by atoms with van der Waals surface area (Å²) < 4.78 is 5.35. The third kappa shape index (κ3) is 3.34. The first-order chi connectivity index (χ1) is 8.79. The number of amides is 1. The molecule has 1 heterocycles. The number of hydrogen-bond acceptors (Lipinski definition) is 3. The molecule has 0 aliphatic carbocycles. The van der Waals surface area contributed by atoms with Crippen LogP contribution >= 0.6 is 0 Å². The van der Waals surface area contributed by atoms with Gasteiger partial charge < -0.3 is 4.74 Å². The van der Waals surface area contributed by atoms with Crippen molar-refractivity contribution in [1.29, 1.82) is 0 Å². The molecule has 0 aromatic heterocycles. The highest BCUT2D eigenvalue weighted by Crippen LogP contribution is 2.13. The minimum Gasteiger partial charge on any atom is -0.494 e. The van der Waals surface area contributed by atoms with Crippen LogP contribution in [0.3, 0.4) is 0 Å². The van der Waals surface area contributed by atoms with Crippen LogP contribution < -0.4 is 4.74 Å². The maximum absolute atomic E-state index is 11.7. The summed E-state index contributed by atoms with van der Waals surface area (Å²) in [6.07, 6.45) is 4.21. The van der Waals surface area contributed by atoms with E-state index in [-0.39, 0.29) is 5.91 Å². The van der Waals surface area contributed by atoms with E-state index < -0.39 is 0 Å². The topological polar surface area (TPSA) is 38.8 Å². The summed E-state index contributed by atoms with van der Waals surface area (Å²) in [4.78, 5) is 16.8. The summed E-state index contributed by atoms with van der Waals surface area (Å²) in [5, 5.41) is 1.39. The van der Waals surface area contributed by atoms with Gasteiger partial charge in [-0.05, 0) is 37.1 Å². The maximum Gasteiger partial charge on any atom is 0.270 e. The summed E-state index contributed by atoms with van der Waals surface area (Å²) >= 11 is 0. The average Bonchev–Trinajstić information content (AvgIpc) is 2.92. The minimum absolute atomic E-state index is 0.110. The van der Waals surface area contributed by atoms with Crippen molar-refractivity contribution in [2.24, 2.45) is 0 Å². The van der Waals surface area contributed by atoms with E-state index in [4.69, 9.17) is 9.57 Å². The number of rotatable bonds is 4. The maximum atomic E-state index is 11.7. The first kappa shape index (κ1) is 12.6. The van der Waals surface area contributed by atoms with E-state index in [9.17, 15) is 4.79 Å². The van der Waals surface area contributed by atoms with Gasteiger partial charge in [0.2, 0.25) is 0 Å². The zero-order valence-corrected chi connectivity index (χ0v) is 10.5. The van der Waals surface area contributed by atoms with Gasteiger partial charge in [-0.25, -0.2) is 5.06 Å². The predicted molar refractivity (Wildman–Crippen MR) is 68.9 cm³/mol. The molecule has 1 aromatic carbocycles. The van der Waals surface area contributed by atoms with Crippen LogP contribution in [0.5, 0.6) is 5.75 Å². The second-order valence-electron chi connectivity index (χ2n) is 3.96. The van der Waals surface area contributed by atoms with Crippen molar-refractivity contribution in [3.8, 4) is 5.75 Å².